The lowest BCUT2D eigenvalue weighted by molar-refractivity contribution is -0.145. The molecule has 1 aromatic heterocycles. The first-order chi connectivity index (χ1) is 13.7. The third-order valence-corrected chi connectivity index (χ3v) is 3.83. The fourth-order valence-electron chi connectivity index (χ4n) is 2.17. The standard InChI is InChI=1S/C16H20ClN5O7/c1-28-5-3-22(4-6-29-2)14-10(8-18)19-13(17)12(21-14)15(25)20-9(16(26)27)7-11(23)24/h9H,3-7H2,1-2H3,(H,20,25)(H,23,24)(H,26,27). The van der Waals surface area contributed by atoms with Crippen molar-refractivity contribution >= 4 is 35.3 Å². The molecular weight excluding hydrogens is 410 g/mol. The van der Waals surface area contributed by atoms with Crippen LogP contribution in [0.15, 0.2) is 0 Å². The minimum atomic E-state index is -1.70. The molecule has 0 aliphatic rings. The first-order valence-corrected chi connectivity index (χ1v) is 8.58. The Balaban J connectivity index is 3.28. The first-order valence-electron chi connectivity index (χ1n) is 8.21. The Morgan fingerprint density at radius 1 is 1.21 bits per heavy atom. The zero-order chi connectivity index (χ0) is 22.0. The molecule has 1 amide bonds. The molecule has 1 atom stereocenters. The van der Waals surface area contributed by atoms with Gasteiger partial charge in [0.2, 0.25) is 0 Å². The molecule has 0 aromatic carbocycles. The fourth-order valence-corrected chi connectivity index (χ4v) is 2.39. The van der Waals surface area contributed by atoms with E-state index in [2.05, 4.69) is 9.97 Å². The second-order valence-electron chi connectivity index (χ2n) is 5.58. The molecule has 0 aliphatic carbocycles. The first kappa shape index (κ1) is 24.0. The number of hydrogen-bond donors (Lipinski definition) is 3. The zero-order valence-electron chi connectivity index (χ0n) is 15.7. The van der Waals surface area contributed by atoms with Crippen LogP contribution < -0.4 is 10.2 Å². The number of carboxylic acid groups (broad SMARTS) is 2. The molecule has 158 valence electrons. The summed E-state index contributed by atoms with van der Waals surface area (Å²) in [6, 6.07) is 0.137. The van der Waals surface area contributed by atoms with Gasteiger partial charge in [0.15, 0.2) is 22.4 Å². The summed E-state index contributed by atoms with van der Waals surface area (Å²) in [5.74, 6) is -3.97. The molecule has 12 nitrogen and oxygen atoms in total. The smallest absolute Gasteiger partial charge is 0.326 e. The van der Waals surface area contributed by atoms with E-state index in [-0.39, 0.29) is 24.7 Å². The third-order valence-electron chi connectivity index (χ3n) is 3.57. The summed E-state index contributed by atoms with van der Waals surface area (Å²) in [5.41, 5.74) is -0.601. The molecule has 0 fully saturated rings. The quantitative estimate of drug-likeness (QED) is 0.399. The Labute approximate surface area is 171 Å². The Morgan fingerprint density at radius 2 is 1.79 bits per heavy atom. The number of ether oxygens (including phenoxy) is 2. The molecule has 0 bridgehead atoms. The highest BCUT2D eigenvalue weighted by atomic mass is 35.5. The average molecular weight is 430 g/mol. The largest absolute Gasteiger partial charge is 0.481 e. The molecule has 1 aromatic rings. The Morgan fingerprint density at radius 3 is 2.24 bits per heavy atom. The zero-order valence-corrected chi connectivity index (χ0v) is 16.5. The Kier molecular flexibility index (Phi) is 9.73. The van der Waals surface area contributed by atoms with Crippen molar-refractivity contribution in [3.8, 4) is 6.07 Å². The van der Waals surface area contributed by atoms with Crippen LogP contribution >= 0.6 is 11.6 Å². The van der Waals surface area contributed by atoms with E-state index >= 15 is 0 Å². The summed E-state index contributed by atoms with van der Waals surface area (Å²) in [6.07, 6.45) is -0.844. The van der Waals surface area contributed by atoms with Crippen molar-refractivity contribution in [2.75, 3.05) is 45.4 Å². The molecule has 29 heavy (non-hydrogen) atoms. The predicted molar refractivity (Wildman–Crippen MR) is 98.9 cm³/mol. The summed E-state index contributed by atoms with van der Waals surface area (Å²) in [7, 11) is 2.97. The Bertz CT molecular complexity index is 791. The lowest BCUT2D eigenvalue weighted by Gasteiger charge is -2.24. The SMILES string of the molecule is COCCN(CCOC)c1nc(C(=O)NC(CC(=O)O)C(=O)O)c(Cl)nc1C#N. The number of carbonyl (C=O) groups excluding carboxylic acids is 1. The number of aromatic nitrogens is 2. The van der Waals surface area contributed by atoms with Crippen molar-refractivity contribution in [3.05, 3.63) is 16.5 Å². The number of amides is 1. The van der Waals surface area contributed by atoms with Crippen LogP contribution in [0.1, 0.15) is 22.6 Å². The van der Waals surface area contributed by atoms with Crippen LogP contribution in [-0.2, 0) is 19.1 Å². The molecule has 0 saturated carbocycles. The lowest BCUT2D eigenvalue weighted by Crippen LogP contribution is -2.43. The van der Waals surface area contributed by atoms with Gasteiger partial charge in [0.25, 0.3) is 5.91 Å². The van der Waals surface area contributed by atoms with E-state index in [1.807, 2.05) is 11.4 Å². The second-order valence-corrected chi connectivity index (χ2v) is 5.94. The highest BCUT2D eigenvalue weighted by Crippen LogP contribution is 2.21. The summed E-state index contributed by atoms with van der Waals surface area (Å²) < 4.78 is 10.0. The van der Waals surface area contributed by atoms with E-state index < -0.39 is 41.2 Å². The molecule has 0 radical (unpaired) electrons. The van der Waals surface area contributed by atoms with Crippen LogP contribution in [0, 0.1) is 11.3 Å². The van der Waals surface area contributed by atoms with Crippen LogP contribution in [-0.4, -0.2) is 84.6 Å². The van der Waals surface area contributed by atoms with Crippen molar-refractivity contribution < 1.29 is 34.1 Å². The summed E-state index contributed by atoms with van der Waals surface area (Å²) in [6.45, 7) is 1.14. The van der Waals surface area contributed by atoms with E-state index in [9.17, 15) is 19.6 Å². The number of aliphatic carboxylic acids is 2. The van der Waals surface area contributed by atoms with E-state index in [1.54, 1.807) is 4.90 Å². The monoisotopic (exact) mass is 429 g/mol. The molecule has 3 N–H and O–H groups in total. The lowest BCUT2D eigenvalue weighted by atomic mass is 10.2. The molecule has 1 heterocycles. The molecule has 13 heteroatoms. The molecule has 0 aliphatic heterocycles. The van der Waals surface area contributed by atoms with E-state index in [1.165, 1.54) is 14.2 Å². The average Bonchev–Trinajstić information content (AvgIpc) is 2.67. The van der Waals surface area contributed by atoms with Crippen LogP contribution in [0.2, 0.25) is 5.15 Å². The van der Waals surface area contributed by atoms with E-state index in [0.717, 1.165) is 0 Å². The number of anilines is 1. The Hall–Kier alpha value is -3.01. The van der Waals surface area contributed by atoms with Crippen molar-refractivity contribution in [1.82, 2.24) is 15.3 Å². The molecule has 1 rings (SSSR count). The fraction of sp³-hybridized carbons (Fsp3) is 0.500. The predicted octanol–water partition coefficient (Wildman–Crippen LogP) is -0.241. The number of carboxylic acids is 2. The molecular formula is C16H20ClN5O7. The summed E-state index contributed by atoms with van der Waals surface area (Å²) in [4.78, 5) is 44.0. The van der Waals surface area contributed by atoms with Gasteiger partial charge in [0, 0.05) is 27.3 Å². The van der Waals surface area contributed by atoms with Gasteiger partial charge in [-0.2, -0.15) is 5.26 Å². The minimum Gasteiger partial charge on any atom is -0.481 e. The van der Waals surface area contributed by atoms with Gasteiger partial charge in [-0.05, 0) is 0 Å². The number of carbonyl (C=O) groups is 3. The molecule has 1 unspecified atom stereocenters. The minimum absolute atomic E-state index is 0.0289. The summed E-state index contributed by atoms with van der Waals surface area (Å²) in [5, 5.41) is 28.8. The van der Waals surface area contributed by atoms with Gasteiger partial charge in [-0.25, -0.2) is 14.8 Å². The van der Waals surface area contributed by atoms with Crippen molar-refractivity contribution in [2.45, 2.75) is 12.5 Å². The maximum absolute atomic E-state index is 12.5. The van der Waals surface area contributed by atoms with Gasteiger partial charge in [-0.15, -0.1) is 0 Å². The second kappa shape index (κ2) is 11.7. The number of hydrogen-bond acceptors (Lipinski definition) is 9. The van der Waals surface area contributed by atoms with Gasteiger partial charge in [0.1, 0.15) is 12.1 Å². The van der Waals surface area contributed by atoms with Crippen molar-refractivity contribution in [2.24, 2.45) is 0 Å². The van der Waals surface area contributed by atoms with Crippen LogP contribution in [0.4, 0.5) is 5.82 Å². The third kappa shape index (κ3) is 7.15. The summed E-state index contributed by atoms with van der Waals surface area (Å²) >= 11 is 5.94. The van der Waals surface area contributed by atoms with Crippen LogP contribution in [0.5, 0.6) is 0 Å². The highest BCUT2D eigenvalue weighted by Gasteiger charge is 2.27. The van der Waals surface area contributed by atoms with Gasteiger partial charge < -0.3 is 29.9 Å². The number of rotatable bonds is 12. The van der Waals surface area contributed by atoms with Gasteiger partial charge in [-0.3, -0.25) is 9.59 Å². The van der Waals surface area contributed by atoms with Crippen molar-refractivity contribution in [3.63, 3.8) is 0 Å². The molecule has 0 saturated heterocycles. The maximum atomic E-state index is 12.5. The topological polar surface area (TPSA) is 175 Å². The number of nitrogens with zero attached hydrogens (tertiary/aromatic N) is 4. The van der Waals surface area contributed by atoms with Gasteiger partial charge in [0.05, 0.1) is 19.6 Å². The number of nitriles is 1. The van der Waals surface area contributed by atoms with Crippen molar-refractivity contribution in [1.29, 1.82) is 5.26 Å². The van der Waals surface area contributed by atoms with Gasteiger partial charge >= 0.3 is 11.9 Å². The highest BCUT2D eigenvalue weighted by molar-refractivity contribution is 6.32. The van der Waals surface area contributed by atoms with Crippen LogP contribution in [0.25, 0.3) is 0 Å². The van der Waals surface area contributed by atoms with Gasteiger partial charge in [-0.1, -0.05) is 11.6 Å². The number of halogens is 1. The normalized spacial score (nSPS) is 11.4. The number of nitrogens with one attached hydrogen (secondary N) is 1. The maximum Gasteiger partial charge on any atom is 0.326 e. The van der Waals surface area contributed by atoms with E-state index in [0.29, 0.717) is 13.1 Å². The number of methoxy groups -OCH3 is 2. The molecule has 0 spiro atoms. The van der Waals surface area contributed by atoms with E-state index in [4.69, 9.17) is 31.3 Å². The van der Waals surface area contributed by atoms with Crippen LogP contribution in [0.3, 0.4) is 0 Å².